The van der Waals surface area contributed by atoms with Gasteiger partial charge in [0.15, 0.2) is 0 Å². The molecule has 0 aromatic carbocycles. The van der Waals surface area contributed by atoms with Gasteiger partial charge in [-0.15, -0.1) is 0 Å². The van der Waals surface area contributed by atoms with Gasteiger partial charge in [-0.3, -0.25) is 0 Å². The molecule has 2 aromatic heterocycles. The van der Waals surface area contributed by atoms with Crippen molar-refractivity contribution in [1.29, 1.82) is 0 Å². The summed E-state index contributed by atoms with van der Waals surface area (Å²) in [7, 11) is 0. The van der Waals surface area contributed by atoms with Gasteiger partial charge in [0.1, 0.15) is 17.3 Å². The second-order valence-corrected chi connectivity index (χ2v) is 6.15. The highest BCUT2D eigenvalue weighted by molar-refractivity contribution is 6.30. The molecular weight excluding hydrogens is 278 g/mol. The predicted octanol–water partition coefficient (Wildman–Crippen LogP) is 2.30. The molecule has 0 aliphatic rings. The van der Waals surface area contributed by atoms with E-state index in [0.29, 0.717) is 35.6 Å². The van der Waals surface area contributed by atoms with E-state index in [2.05, 4.69) is 34.2 Å². The second-order valence-electron chi connectivity index (χ2n) is 5.80. The smallest absolute Gasteiger partial charge is 0.255 e. The fourth-order valence-corrected chi connectivity index (χ4v) is 2.50. The number of anilines is 1. The van der Waals surface area contributed by atoms with Gasteiger partial charge in [-0.05, 0) is 26.2 Å². The Morgan fingerprint density at radius 1 is 1.50 bits per heavy atom. The van der Waals surface area contributed by atoms with Crippen molar-refractivity contribution in [1.82, 2.24) is 19.6 Å². The van der Waals surface area contributed by atoms with Crippen molar-refractivity contribution in [3.05, 3.63) is 17.0 Å². The van der Waals surface area contributed by atoms with Gasteiger partial charge in [0.25, 0.3) is 5.78 Å². The van der Waals surface area contributed by atoms with Crippen LogP contribution in [0.15, 0.2) is 6.33 Å². The van der Waals surface area contributed by atoms with Gasteiger partial charge in [0.2, 0.25) is 0 Å². The summed E-state index contributed by atoms with van der Waals surface area (Å²) in [6.45, 7) is 8.24. The largest absolute Gasteiger partial charge is 0.388 e. The number of hydrogen-bond acceptors (Lipinski definition) is 5. The first-order valence-corrected chi connectivity index (χ1v) is 7.00. The maximum Gasteiger partial charge on any atom is 0.255 e. The van der Waals surface area contributed by atoms with E-state index >= 15 is 0 Å². The Balaban J connectivity index is 2.25. The summed E-state index contributed by atoms with van der Waals surface area (Å²) in [6.07, 6.45) is 2.13. The van der Waals surface area contributed by atoms with Crippen LogP contribution in [0.25, 0.3) is 5.78 Å². The molecule has 0 saturated carbocycles. The lowest BCUT2D eigenvalue weighted by molar-refractivity contribution is 0.0514. The van der Waals surface area contributed by atoms with E-state index in [9.17, 15) is 5.11 Å². The Morgan fingerprint density at radius 2 is 2.20 bits per heavy atom. The Morgan fingerprint density at radius 3 is 2.85 bits per heavy atom. The molecular formula is C13H20ClN5O. The number of hydrogen-bond donors (Lipinski definition) is 2. The lowest BCUT2D eigenvalue weighted by atomic mass is 9.94. The van der Waals surface area contributed by atoms with Crippen LogP contribution in [0, 0.1) is 12.8 Å². The number of aliphatic hydroxyl groups is 1. The van der Waals surface area contributed by atoms with Crippen LogP contribution < -0.4 is 5.32 Å². The highest BCUT2D eigenvalue weighted by Crippen LogP contribution is 2.23. The van der Waals surface area contributed by atoms with Crippen molar-refractivity contribution in [2.24, 2.45) is 5.92 Å². The molecule has 110 valence electrons. The van der Waals surface area contributed by atoms with Gasteiger partial charge in [0, 0.05) is 12.1 Å². The summed E-state index contributed by atoms with van der Waals surface area (Å²) >= 11 is 6.09. The number of halogens is 1. The number of nitrogens with zero attached hydrogens (tertiary/aromatic N) is 4. The molecule has 2 aromatic rings. The average molecular weight is 298 g/mol. The van der Waals surface area contributed by atoms with Crippen molar-refractivity contribution in [3.63, 3.8) is 0 Å². The fraction of sp³-hybridized carbons (Fsp3) is 0.615. The highest BCUT2D eigenvalue weighted by atomic mass is 35.5. The maximum atomic E-state index is 10.4. The van der Waals surface area contributed by atoms with Crippen LogP contribution in [0.5, 0.6) is 0 Å². The number of rotatable bonds is 5. The quantitative estimate of drug-likeness (QED) is 0.828. The van der Waals surface area contributed by atoms with Crippen molar-refractivity contribution >= 4 is 23.2 Å². The van der Waals surface area contributed by atoms with Crippen LogP contribution in [0.4, 0.5) is 5.82 Å². The monoisotopic (exact) mass is 297 g/mol. The third kappa shape index (κ3) is 3.19. The van der Waals surface area contributed by atoms with E-state index in [4.69, 9.17) is 11.6 Å². The van der Waals surface area contributed by atoms with Crippen LogP contribution in [0.3, 0.4) is 0 Å². The van der Waals surface area contributed by atoms with E-state index in [1.54, 1.807) is 4.52 Å². The third-order valence-corrected chi connectivity index (χ3v) is 3.46. The van der Waals surface area contributed by atoms with E-state index in [0.717, 1.165) is 5.56 Å². The topological polar surface area (TPSA) is 75.3 Å². The summed E-state index contributed by atoms with van der Waals surface area (Å²) in [5.74, 6) is 1.56. The molecule has 1 atom stereocenters. The van der Waals surface area contributed by atoms with E-state index in [1.807, 2.05) is 13.8 Å². The van der Waals surface area contributed by atoms with Gasteiger partial charge in [-0.1, -0.05) is 25.4 Å². The van der Waals surface area contributed by atoms with Gasteiger partial charge in [-0.2, -0.15) is 19.6 Å². The average Bonchev–Trinajstić information content (AvgIpc) is 2.75. The van der Waals surface area contributed by atoms with Crippen LogP contribution in [-0.2, 0) is 0 Å². The second kappa shape index (κ2) is 5.54. The Bertz CT molecular complexity index is 608. The number of fused-ring (bicyclic) bond motifs is 1. The molecule has 2 N–H and O–H groups in total. The molecule has 0 radical (unpaired) electrons. The first-order chi connectivity index (χ1) is 9.30. The van der Waals surface area contributed by atoms with E-state index in [1.165, 1.54) is 6.33 Å². The molecule has 2 rings (SSSR count). The Kier molecular flexibility index (Phi) is 4.15. The Labute approximate surface area is 123 Å². The zero-order valence-corrected chi connectivity index (χ0v) is 12.9. The molecule has 0 aliphatic heterocycles. The van der Waals surface area contributed by atoms with Crippen molar-refractivity contribution in [3.8, 4) is 0 Å². The predicted molar refractivity (Wildman–Crippen MR) is 79.1 cm³/mol. The normalized spacial score (nSPS) is 14.8. The van der Waals surface area contributed by atoms with Crippen LogP contribution in [0.1, 0.15) is 32.8 Å². The minimum Gasteiger partial charge on any atom is -0.388 e. The minimum atomic E-state index is -0.802. The van der Waals surface area contributed by atoms with Crippen LogP contribution in [0.2, 0.25) is 5.15 Å². The summed E-state index contributed by atoms with van der Waals surface area (Å²) < 4.78 is 1.59. The lowest BCUT2D eigenvalue weighted by Crippen LogP contribution is -2.35. The molecule has 0 amide bonds. The number of aromatic nitrogens is 4. The minimum absolute atomic E-state index is 0.386. The summed E-state index contributed by atoms with van der Waals surface area (Å²) in [5.41, 5.74) is -0.0199. The van der Waals surface area contributed by atoms with Gasteiger partial charge in [-0.25, -0.2) is 0 Å². The molecule has 1 unspecified atom stereocenters. The highest BCUT2D eigenvalue weighted by Gasteiger charge is 2.23. The zero-order valence-electron chi connectivity index (χ0n) is 12.2. The molecule has 7 heteroatoms. The van der Waals surface area contributed by atoms with Crippen molar-refractivity contribution in [2.75, 3.05) is 11.9 Å². The fourth-order valence-electron chi connectivity index (χ4n) is 2.33. The maximum absolute atomic E-state index is 10.4. The van der Waals surface area contributed by atoms with Gasteiger partial charge >= 0.3 is 0 Å². The molecule has 20 heavy (non-hydrogen) atoms. The molecule has 6 nitrogen and oxygen atoms in total. The lowest BCUT2D eigenvalue weighted by Gasteiger charge is -2.26. The van der Waals surface area contributed by atoms with Crippen molar-refractivity contribution in [2.45, 2.75) is 39.7 Å². The van der Waals surface area contributed by atoms with Crippen LogP contribution in [-0.4, -0.2) is 36.8 Å². The Hall–Kier alpha value is -1.40. The van der Waals surface area contributed by atoms with Gasteiger partial charge < -0.3 is 10.4 Å². The van der Waals surface area contributed by atoms with E-state index < -0.39 is 5.60 Å². The molecule has 0 bridgehead atoms. The van der Waals surface area contributed by atoms with Crippen molar-refractivity contribution < 1.29 is 5.11 Å². The van der Waals surface area contributed by atoms with Crippen LogP contribution >= 0.6 is 11.6 Å². The summed E-state index contributed by atoms with van der Waals surface area (Å²) in [4.78, 5) is 8.17. The first-order valence-electron chi connectivity index (χ1n) is 6.62. The molecule has 0 spiro atoms. The molecule has 0 fully saturated rings. The summed E-state index contributed by atoms with van der Waals surface area (Å²) in [6, 6.07) is 0. The van der Waals surface area contributed by atoms with E-state index in [-0.39, 0.29) is 0 Å². The third-order valence-electron chi connectivity index (χ3n) is 3.09. The standard InChI is InChI=1S/C13H20ClN5O/c1-8(2)5-13(4,20)6-15-11-9(3)10(14)18-12-16-7-17-19(11)12/h7-8,15,20H,5-6H2,1-4H3. The molecule has 2 heterocycles. The summed E-state index contributed by atoms with van der Waals surface area (Å²) in [5, 5.41) is 18.1. The number of nitrogens with one attached hydrogen (secondary N) is 1. The SMILES string of the molecule is Cc1c(Cl)nc2ncnn2c1NCC(C)(O)CC(C)C. The van der Waals surface area contributed by atoms with Gasteiger partial charge in [0.05, 0.1) is 5.60 Å². The first kappa shape index (κ1) is 15.0. The molecule has 0 aliphatic carbocycles. The zero-order chi connectivity index (χ0) is 14.9. The molecule has 0 saturated heterocycles.